The van der Waals surface area contributed by atoms with E-state index in [2.05, 4.69) is 20.9 Å². The van der Waals surface area contributed by atoms with Crippen LogP contribution in [0.25, 0.3) is 0 Å². The van der Waals surface area contributed by atoms with Gasteiger partial charge in [-0.1, -0.05) is 0 Å². The average Bonchev–Trinajstić information content (AvgIpc) is 2.56. The van der Waals surface area contributed by atoms with Gasteiger partial charge in [-0.3, -0.25) is 9.78 Å². The minimum atomic E-state index is -0.347. The normalized spacial score (nSPS) is 15.7. The number of hydrogen-bond donors (Lipinski definition) is 1. The Hall–Kier alpha value is -1.79. The molecule has 3 rings (SSSR count). The van der Waals surface area contributed by atoms with Gasteiger partial charge in [0.05, 0.1) is 31.7 Å². The second kappa shape index (κ2) is 7.19. The highest BCUT2D eigenvalue weighted by molar-refractivity contribution is 9.10. The SMILES string of the molecule is O=C(c1ccc(F)cc1Br)N1CC[NH+](Cc2ccncc2)CC1. The van der Waals surface area contributed by atoms with Crippen LogP contribution in [0.2, 0.25) is 0 Å². The number of quaternary nitrogens is 1. The lowest BCUT2D eigenvalue weighted by Crippen LogP contribution is -3.13. The summed E-state index contributed by atoms with van der Waals surface area (Å²) in [6.45, 7) is 4.19. The van der Waals surface area contributed by atoms with E-state index in [9.17, 15) is 9.18 Å². The Morgan fingerprint density at radius 2 is 1.91 bits per heavy atom. The number of piperazine rings is 1. The molecule has 0 atom stereocenters. The molecule has 2 aromatic rings. The van der Waals surface area contributed by atoms with Crippen molar-refractivity contribution in [1.29, 1.82) is 0 Å². The van der Waals surface area contributed by atoms with Crippen LogP contribution in [-0.2, 0) is 6.54 Å². The molecule has 1 aliphatic rings. The molecule has 1 amide bonds. The fourth-order valence-electron chi connectivity index (χ4n) is 2.83. The zero-order valence-corrected chi connectivity index (χ0v) is 14.2. The van der Waals surface area contributed by atoms with Crippen LogP contribution in [0.4, 0.5) is 4.39 Å². The van der Waals surface area contributed by atoms with Crippen LogP contribution < -0.4 is 4.90 Å². The summed E-state index contributed by atoms with van der Waals surface area (Å²) in [5.41, 5.74) is 1.78. The Balaban J connectivity index is 1.59. The Kier molecular flexibility index (Phi) is 5.03. The first-order valence-electron chi connectivity index (χ1n) is 7.60. The van der Waals surface area contributed by atoms with Gasteiger partial charge in [-0.2, -0.15) is 0 Å². The maximum absolute atomic E-state index is 13.1. The zero-order valence-electron chi connectivity index (χ0n) is 12.6. The molecule has 1 saturated heterocycles. The van der Waals surface area contributed by atoms with E-state index in [4.69, 9.17) is 0 Å². The number of amides is 1. The highest BCUT2D eigenvalue weighted by atomic mass is 79.9. The lowest BCUT2D eigenvalue weighted by Gasteiger charge is -2.32. The summed E-state index contributed by atoms with van der Waals surface area (Å²) in [6, 6.07) is 8.25. The number of carbonyl (C=O) groups is 1. The summed E-state index contributed by atoms with van der Waals surface area (Å²) in [7, 11) is 0. The molecular formula is C17H18BrFN3O+. The smallest absolute Gasteiger partial charge is 0.255 e. The number of benzene rings is 1. The Bertz CT molecular complexity index is 687. The van der Waals surface area contributed by atoms with Crippen molar-refractivity contribution >= 4 is 21.8 Å². The molecule has 0 unspecified atom stereocenters. The third kappa shape index (κ3) is 3.95. The molecule has 0 radical (unpaired) electrons. The number of pyridine rings is 1. The van der Waals surface area contributed by atoms with Crippen LogP contribution >= 0.6 is 15.9 Å². The van der Waals surface area contributed by atoms with E-state index in [0.29, 0.717) is 23.1 Å². The van der Waals surface area contributed by atoms with Crippen molar-refractivity contribution in [3.8, 4) is 0 Å². The largest absolute Gasteiger partial charge is 0.328 e. The topological polar surface area (TPSA) is 37.6 Å². The standard InChI is InChI=1S/C17H17BrFN3O/c18-16-11-14(19)1-2-15(16)17(23)22-9-7-21(8-10-22)12-13-3-5-20-6-4-13/h1-6,11H,7-10,12H2/p+1. The Morgan fingerprint density at radius 3 is 2.57 bits per heavy atom. The number of nitrogens with one attached hydrogen (secondary N) is 1. The Morgan fingerprint density at radius 1 is 1.22 bits per heavy atom. The molecule has 1 aromatic heterocycles. The third-order valence-corrected chi connectivity index (χ3v) is 4.78. The number of rotatable bonds is 3. The van der Waals surface area contributed by atoms with E-state index in [-0.39, 0.29) is 11.7 Å². The van der Waals surface area contributed by atoms with Crippen LogP contribution in [0, 0.1) is 5.82 Å². The quantitative estimate of drug-likeness (QED) is 0.879. The molecule has 1 N–H and O–H groups in total. The highest BCUT2D eigenvalue weighted by Crippen LogP contribution is 2.19. The lowest BCUT2D eigenvalue weighted by atomic mass is 10.1. The van der Waals surface area contributed by atoms with Gasteiger partial charge in [-0.05, 0) is 46.3 Å². The van der Waals surface area contributed by atoms with E-state index >= 15 is 0 Å². The predicted octanol–water partition coefficient (Wildman–Crippen LogP) is 1.52. The molecule has 4 nitrogen and oxygen atoms in total. The molecule has 1 aliphatic heterocycles. The second-order valence-electron chi connectivity index (χ2n) is 5.70. The van der Waals surface area contributed by atoms with Crippen LogP contribution in [0.1, 0.15) is 15.9 Å². The molecule has 1 fully saturated rings. The summed E-state index contributed by atoms with van der Waals surface area (Å²) in [5, 5.41) is 0. The molecule has 2 heterocycles. The van der Waals surface area contributed by atoms with E-state index in [1.807, 2.05) is 17.0 Å². The minimum Gasteiger partial charge on any atom is -0.328 e. The van der Waals surface area contributed by atoms with E-state index in [1.54, 1.807) is 12.4 Å². The molecule has 1 aromatic carbocycles. The predicted molar refractivity (Wildman–Crippen MR) is 88.6 cm³/mol. The van der Waals surface area contributed by atoms with Gasteiger partial charge in [0.15, 0.2) is 0 Å². The summed E-state index contributed by atoms with van der Waals surface area (Å²) < 4.78 is 13.7. The molecule has 0 spiro atoms. The maximum atomic E-state index is 13.1. The highest BCUT2D eigenvalue weighted by Gasteiger charge is 2.25. The molecule has 120 valence electrons. The molecule has 6 heteroatoms. The number of nitrogens with zero attached hydrogens (tertiary/aromatic N) is 2. The fourth-order valence-corrected chi connectivity index (χ4v) is 3.35. The number of carbonyl (C=O) groups excluding carboxylic acids is 1. The summed E-state index contributed by atoms with van der Waals surface area (Å²) in [4.78, 5) is 19.9. The van der Waals surface area contributed by atoms with Crippen molar-refractivity contribution in [3.63, 3.8) is 0 Å². The fraction of sp³-hybridized carbons (Fsp3) is 0.294. The summed E-state index contributed by atoms with van der Waals surface area (Å²) in [5.74, 6) is -0.389. The van der Waals surface area contributed by atoms with E-state index < -0.39 is 0 Å². The average molecular weight is 379 g/mol. The third-order valence-electron chi connectivity index (χ3n) is 4.12. The number of hydrogen-bond acceptors (Lipinski definition) is 2. The van der Waals surface area contributed by atoms with Crippen LogP contribution in [0.15, 0.2) is 47.2 Å². The van der Waals surface area contributed by atoms with Gasteiger partial charge in [0, 0.05) is 22.4 Å². The molecule has 23 heavy (non-hydrogen) atoms. The second-order valence-corrected chi connectivity index (χ2v) is 6.55. The molecule has 0 bridgehead atoms. The van der Waals surface area contributed by atoms with Crippen molar-refractivity contribution in [3.05, 3.63) is 64.1 Å². The number of halogens is 2. The van der Waals surface area contributed by atoms with E-state index in [0.717, 1.165) is 19.6 Å². The van der Waals surface area contributed by atoms with Crippen molar-refractivity contribution in [2.24, 2.45) is 0 Å². The first-order valence-corrected chi connectivity index (χ1v) is 8.39. The molecular weight excluding hydrogens is 361 g/mol. The molecule has 0 saturated carbocycles. The Labute approximate surface area is 143 Å². The first-order chi connectivity index (χ1) is 11.1. The van der Waals surface area contributed by atoms with Crippen molar-refractivity contribution in [2.45, 2.75) is 6.54 Å². The lowest BCUT2D eigenvalue weighted by molar-refractivity contribution is -0.917. The van der Waals surface area contributed by atoms with Crippen molar-refractivity contribution in [1.82, 2.24) is 9.88 Å². The van der Waals surface area contributed by atoms with Gasteiger partial charge in [-0.25, -0.2) is 4.39 Å². The van der Waals surface area contributed by atoms with Crippen LogP contribution in [0.3, 0.4) is 0 Å². The zero-order chi connectivity index (χ0) is 16.2. The monoisotopic (exact) mass is 378 g/mol. The molecule has 0 aliphatic carbocycles. The van der Waals surface area contributed by atoms with Crippen molar-refractivity contribution < 1.29 is 14.1 Å². The van der Waals surface area contributed by atoms with Gasteiger partial charge in [0.2, 0.25) is 0 Å². The summed E-state index contributed by atoms with van der Waals surface area (Å²) >= 11 is 3.27. The van der Waals surface area contributed by atoms with Gasteiger partial charge < -0.3 is 9.80 Å². The van der Waals surface area contributed by atoms with Crippen LogP contribution in [-0.4, -0.2) is 42.0 Å². The van der Waals surface area contributed by atoms with E-state index in [1.165, 1.54) is 28.7 Å². The van der Waals surface area contributed by atoms with Gasteiger partial charge >= 0.3 is 0 Å². The van der Waals surface area contributed by atoms with Gasteiger partial charge in [0.1, 0.15) is 12.4 Å². The summed E-state index contributed by atoms with van der Waals surface area (Å²) in [6.07, 6.45) is 3.61. The van der Waals surface area contributed by atoms with Crippen molar-refractivity contribution in [2.75, 3.05) is 26.2 Å². The first kappa shape index (κ1) is 16.1. The van der Waals surface area contributed by atoms with Gasteiger partial charge in [-0.15, -0.1) is 0 Å². The maximum Gasteiger partial charge on any atom is 0.255 e. The minimum absolute atomic E-state index is 0.0418. The number of aromatic nitrogens is 1. The van der Waals surface area contributed by atoms with Crippen LogP contribution in [0.5, 0.6) is 0 Å². The van der Waals surface area contributed by atoms with Gasteiger partial charge in [0.25, 0.3) is 5.91 Å².